The van der Waals surface area contributed by atoms with E-state index in [0.29, 0.717) is 16.9 Å². The van der Waals surface area contributed by atoms with Crippen molar-refractivity contribution >= 4 is 11.6 Å². The number of phenolic OH excluding ortho intramolecular Hbond substituents is 1. The number of hydrogen-bond donors (Lipinski definition) is 2. The number of nitrogens with two attached hydrogens (primary N) is 1. The maximum absolute atomic E-state index is 12.3. The third-order valence-electron chi connectivity index (χ3n) is 2.79. The number of nitrogens with zero attached hydrogens (tertiary/aromatic N) is 2. The van der Waals surface area contributed by atoms with Crippen LogP contribution in [0.3, 0.4) is 0 Å². The summed E-state index contributed by atoms with van der Waals surface area (Å²) in [5, 5.41) is 9.43. The molecule has 1 aromatic carbocycles. The predicted octanol–water partition coefficient (Wildman–Crippen LogP) is 1.52. The van der Waals surface area contributed by atoms with Crippen molar-refractivity contribution in [2.45, 2.75) is 6.54 Å². The first kappa shape index (κ1) is 13.0. The Labute approximate surface area is 111 Å². The van der Waals surface area contributed by atoms with Crippen LogP contribution in [0.4, 0.5) is 5.69 Å². The lowest BCUT2D eigenvalue weighted by molar-refractivity contribution is 0.0993. The Hall–Kier alpha value is -2.40. The molecule has 1 aromatic heterocycles. The van der Waals surface area contributed by atoms with Gasteiger partial charge in [0.05, 0.1) is 5.69 Å². The highest BCUT2D eigenvalue weighted by molar-refractivity contribution is 6.05. The summed E-state index contributed by atoms with van der Waals surface area (Å²) in [5.41, 5.74) is 7.30. The molecular weight excluding hydrogens is 242 g/mol. The van der Waals surface area contributed by atoms with Crippen LogP contribution in [0.5, 0.6) is 5.75 Å². The third-order valence-corrected chi connectivity index (χ3v) is 2.79. The summed E-state index contributed by atoms with van der Waals surface area (Å²) in [6, 6.07) is 9.83. The van der Waals surface area contributed by atoms with Crippen LogP contribution in [0.15, 0.2) is 42.6 Å². The fraction of sp³-hybridized carbons (Fsp3) is 0.143. The van der Waals surface area contributed by atoms with Crippen LogP contribution < -0.4 is 10.6 Å². The minimum atomic E-state index is -0.178. The van der Waals surface area contributed by atoms with E-state index in [2.05, 4.69) is 4.98 Å². The van der Waals surface area contributed by atoms with Gasteiger partial charge in [0.15, 0.2) is 0 Å². The highest BCUT2D eigenvalue weighted by Crippen LogP contribution is 2.20. The molecule has 19 heavy (non-hydrogen) atoms. The molecule has 0 spiro atoms. The van der Waals surface area contributed by atoms with Gasteiger partial charge in [-0.15, -0.1) is 0 Å². The van der Waals surface area contributed by atoms with Crippen molar-refractivity contribution in [3.63, 3.8) is 0 Å². The zero-order valence-electron chi connectivity index (χ0n) is 10.6. The maximum Gasteiger partial charge on any atom is 0.258 e. The van der Waals surface area contributed by atoms with Crippen LogP contribution in [-0.4, -0.2) is 23.0 Å². The van der Waals surface area contributed by atoms with Crippen molar-refractivity contribution in [1.29, 1.82) is 0 Å². The lowest BCUT2D eigenvalue weighted by Crippen LogP contribution is -2.26. The standard InChI is InChI=1S/C14H15N3O2/c1-17(12-3-2-4-13(18)8-12)14(19)10-5-6-16-11(7-10)9-15/h2-8,18H,9,15H2,1H3. The molecule has 0 aliphatic rings. The Morgan fingerprint density at radius 2 is 2.16 bits per heavy atom. The molecule has 5 nitrogen and oxygen atoms in total. The van der Waals surface area contributed by atoms with E-state index in [4.69, 9.17) is 5.73 Å². The van der Waals surface area contributed by atoms with Crippen molar-refractivity contribution in [1.82, 2.24) is 4.98 Å². The Balaban J connectivity index is 2.28. The first-order chi connectivity index (χ1) is 9.11. The summed E-state index contributed by atoms with van der Waals surface area (Å²) in [5.74, 6) is -0.0581. The zero-order valence-corrected chi connectivity index (χ0v) is 10.6. The summed E-state index contributed by atoms with van der Waals surface area (Å²) in [6.45, 7) is 0.289. The molecule has 3 N–H and O–H groups in total. The van der Waals surface area contributed by atoms with E-state index in [1.165, 1.54) is 11.0 Å². The second kappa shape index (κ2) is 5.49. The maximum atomic E-state index is 12.3. The molecule has 0 unspecified atom stereocenters. The summed E-state index contributed by atoms with van der Waals surface area (Å²) < 4.78 is 0. The molecule has 0 saturated heterocycles. The predicted molar refractivity (Wildman–Crippen MR) is 73.0 cm³/mol. The molecule has 0 radical (unpaired) electrons. The summed E-state index contributed by atoms with van der Waals surface area (Å²) in [4.78, 5) is 17.8. The van der Waals surface area contributed by atoms with Gasteiger partial charge in [0.2, 0.25) is 0 Å². The Morgan fingerprint density at radius 3 is 2.84 bits per heavy atom. The number of phenols is 1. The molecule has 1 amide bonds. The molecule has 0 aliphatic heterocycles. The number of hydrogen-bond acceptors (Lipinski definition) is 4. The average Bonchev–Trinajstić information content (AvgIpc) is 2.45. The Bertz CT molecular complexity index is 599. The quantitative estimate of drug-likeness (QED) is 0.873. The number of pyridine rings is 1. The van der Waals surface area contributed by atoms with Crippen LogP contribution in [-0.2, 0) is 6.54 Å². The number of rotatable bonds is 3. The number of anilines is 1. The first-order valence-electron chi connectivity index (χ1n) is 5.84. The molecule has 0 fully saturated rings. The number of aromatic hydroxyl groups is 1. The number of benzene rings is 1. The van der Waals surface area contributed by atoms with Gasteiger partial charge in [-0.05, 0) is 24.3 Å². The second-order valence-corrected chi connectivity index (χ2v) is 4.12. The smallest absolute Gasteiger partial charge is 0.258 e. The van der Waals surface area contributed by atoms with Crippen LogP contribution in [0.1, 0.15) is 16.1 Å². The fourth-order valence-electron chi connectivity index (χ4n) is 1.74. The van der Waals surface area contributed by atoms with Gasteiger partial charge < -0.3 is 15.7 Å². The number of aromatic nitrogens is 1. The summed E-state index contributed by atoms with van der Waals surface area (Å²) in [6.07, 6.45) is 1.56. The molecule has 0 bridgehead atoms. The van der Waals surface area contributed by atoms with E-state index < -0.39 is 0 Å². The summed E-state index contributed by atoms with van der Waals surface area (Å²) >= 11 is 0. The van der Waals surface area contributed by atoms with Gasteiger partial charge in [0.1, 0.15) is 5.75 Å². The normalized spacial score (nSPS) is 10.2. The number of carbonyl (C=O) groups excluding carboxylic acids is 1. The van der Waals surface area contributed by atoms with E-state index in [-0.39, 0.29) is 18.2 Å². The van der Waals surface area contributed by atoms with Crippen LogP contribution in [0.2, 0.25) is 0 Å². The molecule has 98 valence electrons. The van der Waals surface area contributed by atoms with E-state index in [1.807, 2.05) is 0 Å². The summed E-state index contributed by atoms with van der Waals surface area (Å²) in [7, 11) is 1.65. The van der Waals surface area contributed by atoms with Gasteiger partial charge in [-0.2, -0.15) is 0 Å². The number of amides is 1. The molecule has 2 rings (SSSR count). The SMILES string of the molecule is CN(C(=O)c1ccnc(CN)c1)c1cccc(O)c1. The van der Waals surface area contributed by atoms with Gasteiger partial charge in [0, 0.05) is 37.1 Å². The average molecular weight is 257 g/mol. The van der Waals surface area contributed by atoms with Crippen molar-refractivity contribution in [3.8, 4) is 5.75 Å². The van der Waals surface area contributed by atoms with Gasteiger partial charge in [-0.1, -0.05) is 6.07 Å². The zero-order chi connectivity index (χ0) is 13.8. The van der Waals surface area contributed by atoms with Crippen molar-refractivity contribution < 1.29 is 9.90 Å². The molecule has 0 aliphatic carbocycles. The second-order valence-electron chi connectivity index (χ2n) is 4.12. The van der Waals surface area contributed by atoms with Crippen molar-refractivity contribution in [2.24, 2.45) is 5.73 Å². The van der Waals surface area contributed by atoms with Crippen LogP contribution >= 0.6 is 0 Å². The number of carbonyl (C=O) groups is 1. The lowest BCUT2D eigenvalue weighted by atomic mass is 10.2. The largest absolute Gasteiger partial charge is 0.508 e. The van der Waals surface area contributed by atoms with E-state index in [9.17, 15) is 9.90 Å². The topological polar surface area (TPSA) is 79.5 Å². The first-order valence-corrected chi connectivity index (χ1v) is 5.84. The highest BCUT2D eigenvalue weighted by atomic mass is 16.3. The Morgan fingerprint density at radius 1 is 1.37 bits per heavy atom. The van der Waals surface area contributed by atoms with Gasteiger partial charge >= 0.3 is 0 Å². The monoisotopic (exact) mass is 257 g/mol. The Kier molecular flexibility index (Phi) is 3.77. The van der Waals surface area contributed by atoms with Crippen LogP contribution in [0.25, 0.3) is 0 Å². The van der Waals surface area contributed by atoms with E-state index in [1.54, 1.807) is 43.6 Å². The molecular formula is C14H15N3O2. The fourth-order valence-corrected chi connectivity index (χ4v) is 1.74. The highest BCUT2D eigenvalue weighted by Gasteiger charge is 2.14. The van der Waals surface area contributed by atoms with Gasteiger partial charge in [0.25, 0.3) is 5.91 Å². The van der Waals surface area contributed by atoms with Crippen LogP contribution in [0, 0.1) is 0 Å². The van der Waals surface area contributed by atoms with Crippen molar-refractivity contribution in [3.05, 3.63) is 53.9 Å². The van der Waals surface area contributed by atoms with Crippen molar-refractivity contribution in [2.75, 3.05) is 11.9 Å². The van der Waals surface area contributed by atoms with Gasteiger partial charge in [-0.25, -0.2) is 0 Å². The van der Waals surface area contributed by atoms with E-state index >= 15 is 0 Å². The minimum absolute atomic E-state index is 0.120. The molecule has 0 saturated carbocycles. The molecule has 5 heteroatoms. The molecule has 2 aromatic rings. The molecule has 1 heterocycles. The van der Waals surface area contributed by atoms with E-state index in [0.717, 1.165) is 0 Å². The van der Waals surface area contributed by atoms with Gasteiger partial charge in [-0.3, -0.25) is 9.78 Å². The minimum Gasteiger partial charge on any atom is -0.508 e. The molecule has 0 atom stereocenters. The third kappa shape index (κ3) is 2.89. The lowest BCUT2D eigenvalue weighted by Gasteiger charge is -2.17.